The highest BCUT2D eigenvalue weighted by Gasteiger charge is 2.07. The topological polar surface area (TPSA) is 66.9 Å². The predicted molar refractivity (Wildman–Crippen MR) is 81.2 cm³/mol. The third kappa shape index (κ3) is 4.31. The highest BCUT2D eigenvalue weighted by molar-refractivity contribution is 7.07. The van der Waals surface area contributed by atoms with Gasteiger partial charge < -0.3 is 10.6 Å². The Morgan fingerprint density at radius 1 is 1.30 bits per heavy atom. The van der Waals surface area contributed by atoms with Gasteiger partial charge in [-0.3, -0.25) is 4.79 Å². The molecule has 6 heteroatoms. The summed E-state index contributed by atoms with van der Waals surface area (Å²) >= 11 is 1.66. The summed E-state index contributed by atoms with van der Waals surface area (Å²) in [5, 5.41) is 10.1. The molecule has 2 aromatic rings. The number of carbonyl (C=O) groups excluding carboxylic acids is 1. The molecule has 0 aliphatic carbocycles. The van der Waals surface area contributed by atoms with E-state index < -0.39 is 0 Å². The van der Waals surface area contributed by atoms with Crippen molar-refractivity contribution in [2.75, 3.05) is 18.4 Å². The lowest BCUT2D eigenvalue weighted by Crippen LogP contribution is -2.26. The average molecular weight is 290 g/mol. The summed E-state index contributed by atoms with van der Waals surface area (Å²) in [6.45, 7) is 3.53. The number of rotatable bonds is 7. The zero-order chi connectivity index (χ0) is 14.2. The van der Waals surface area contributed by atoms with Crippen molar-refractivity contribution in [3.05, 3.63) is 40.5 Å². The molecule has 0 aliphatic heterocycles. The fourth-order valence-electron chi connectivity index (χ4n) is 1.64. The molecular weight excluding hydrogens is 272 g/mol. The number of aromatic nitrogens is 2. The fraction of sp³-hybridized carbons (Fsp3) is 0.357. The first-order chi connectivity index (χ1) is 9.79. The number of nitrogens with one attached hydrogen (secondary N) is 2. The standard InChI is InChI=1S/C14H18N4OS/c1-2-5-15-13-9-17-12(8-18-13)14(19)16-6-3-11-4-7-20-10-11/h4,7-10H,2-3,5-6H2,1H3,(H,15,18)(H,16,19). The molecule has 0 bridgehead atoms. The largest absolute Gasteiger partial charge is 0.369 e. The van der Waals surface area contributed by atoms with Crippen LogP contribution < -0.4 is 10.6 Å². The van der Waals surface area contributed by atoms with Gasteiger partial charge in [-0.1, -0.05) is 6.92 Å². The lowest BCUT2D eigenvalue weighted by Gasteiger charge is -2.05. The first-order valence-corrected chi connectivity index (χ1v) is 7.59. The van der Waals surface area contributed by atoms with E-state index in [2.05, 4.69) is 39.0 Å². The second-order valence-corrected chi connectivity index (χ2v) is 5.13. The third-order valence-electron chi connectivity index (χ3n) is 2.72. The van der Waals surface area contributed by atoms with Crippen molar-refractivity contribution in [2.24, 2.45) is 0 Å². The van der Waals surface area contributed by atoms with Crippen molar-refractivity contribution < 1.29 is 4.79 Å². The molecule has 0 aromatic carbocycles. The van der Waals surface area contributed by atoms with Crippen LogP contribution in [0.1, 0.15) is 29.4 Å². The maximum Gasteiger partial charge on any atom is 0.271 e. The normalized spacial score (nSPS) is 10.2. The van der Waals surface area contributed by atoms with E-state index in [1.165, 1.54) is 11.8 Å². The molecule has 2 N–H and O–H groups in total. The maximum atomic E-state index is 11.9. The van der Waals surface area contributed by atoms with Crippen molar-refractivity contribution in [3.63, 3.8) is 0 Å². The molecule has 0 atom stereocenters. The van der Waals surface area contributed by atoms with Gasteiger partial charge in [0.15, 0.2) is 0 Å². The second-order valence-electron chi connectivity index (χ2n) is 4.35. The van der Waals surface area contributed by atoms with Gasteiger partial charge in [-0.15, -0.1) is 0 Å². The summed E-state index contributed by atoms with van der Waals surface area (Å²) in [6, 6.07) is 2.06. The van der Waals surface area contributed by atoms with Gasteiger partial charge in [0.05, 0.1) is 12.4 Å². The molecule has 0 aliphatic rings. The van der Waals surface area contributed by atoms with E-state index in [0.29, 0.717) is 18.1 Å². The number of amides is 1. The Morgan fingerprint density at radius 3 is 2.85 bits per heavy atom. The van der Waals surface area contributed by atoms with Gasteiger partial charge in [-0.2, -0.15) is 11.3 Å². The van der Waals surface area contributed by atoms with E-state index >= 15 is 0 Å². The van der Waals surface area contributed by atoms with Crippen LogP contribution in [0.3, 0.4) is 0 Å². The summed E-state index contributed by atoms with van der Waals surface area (Å²) in [7, 11) is 0. The molecule has 1 amide bonds. The molecule has 0 saturated carbocycles. The highest BCUT2D eigenvalue weighted by Crippen LogP contribution is 2.06. The predicted octanol–water partition coefficient (Wildman–Crippen LogP) is 2.33. The smallest absolute Gasteiger partial charge is 0.271 e. The molecule has 2 aromatic heterocycles. The fourth-order valence-corrected chi connectivity index (χ4v) is 2.34. The Morgan fingerprint density at radius 2 is 2.20 bits per heavy atom. The summed E-state index contributed by atoms with van der Waals surface area (Å²) in [5.74, 6) is 0.511. The lowest BCUT2D eigenvalue weighted by atomic mass is 10.2. The zero-order valence-corrected chi connectivity index (χ0v) is 12.2. The van der Waals surface area contributed by atoms with Crippen LogP contribution in [0.25, 0.3) is 0 Å². The average Bonchev–Trinajstić information content (AvgIpc) is 2.99. The Balaban J connectivity index is 1.79. The van der Waals surface area contributed by atoms with Crippen LogP contribution in [0.15, 0.2) is 29.2 Å². The van der Waals surface area contributed by atoms with Gasteiger partial charge >= 0.3 is 0 Å². The summed E-state index contributed by atoms with van der Waals surface area (Å²) in [5.41, 5.74) is 1.58. The Labute approximate surface area is 122 Å². The minimum atomic E-state index is -0.185. The molecule has 20 heavy (non-hydrogen) atoms. The maximum absolute atomic E-state index is 11.9. The SMILES string of the molecule is CCCNc1cnc(C(=O)NCCc2ccsc2)cn1. The number of carbonyl (C=O) groups is 1. The number of thiophene rings is 1. The van der Waals surface area contributed by atoms with Crippen LogP contribution >= 0.6 is 11.3 Å². The Bertz CT molecular complexity index is 525. The van der Waals surface area contributed by atoms with Crippen molar-refractivity contribution in [2.45, 2.75) is 19.8 Å². The quantitative estimate of drug-likeness (QED) is 0.821. The molecular formula is C14H18N4OS. The molecule has 0 spiro atoms. The highest BCUT2D eigenvalue weighted by atomic mass is 32.1. The molecule has 2 rings (SSSR count). The number of hydrogen-bond acceptors (Lipinski definition) is 5. The van der Waals surface area contributed by atoms with Gasteiger partial charge in [-0.05, 0) is 35.2 Å². The molecule has 106 valence electrons. The van der Waals surface area contributed by atoms with E-state index in [0.717, 1.165) is 19.4 Å². The van der Waals surface area contributed by atoms with Crippen molar-refractivity contribution >= 4 is 23.1 Å². The first kappa shape index (κ1) is 14.5. The van der Waals surface area contributed by atoms with Crippen LogP contribution in [0.5, 0.6) is 0 Å². The first-order valence-electron chi connectivity index (χ1n) is 6.64. The van der Waals surface area contributed by atoms with Gasteiger partial charge in [0.25, 0.3) is 5.91 Å². The molecule has 0 saturated heterocycles. The van der Waals surface area contributed by atoms with Crippen LogP contribution in [0.2, 0.25) is 0 Å². The van der Waals surface area contributed by atoms with Gasteiger partial charge in [0.2, 0.25) is 0 Å². The van der Waals surface area contributed by atoms with Crippen LogP contribution in [-0.2, 0) is 6.42 Å². The monoisotopic (exact) mass is 290 g/mol. The summed E-state index contributed by atoms with van der Waals surface area (Å²) in [4.78, 5) is 20.1. The number of nitrogens with zero attached hydrogens (tertiary/aromatic N) is 2. The number of anilines is 1. The molecule has 2 heterocycles. The third-order valence-corrected chi connectivity index (χ3v) is 3.45. The van der Waals surface area contributed by atoms with Gasteiger partial charge in [-0.25, -0.2) is 9.97 Å². The number of hydrogen-bond donors (Lipinski definition) is 2. The van der Waals surface area contributed by atoms with Gasteiger partial charge in [0.1, 0.15) is 11.5 Å². The summed E-state index contributed by atoms with van der Waals surface area (Å²) in [6.07, 6.45) is 4.94. The Kier molecular flexibility index (Phi) is 5.49. The Hall–Kier alpha value is -1.95. The van der Waals surface area contributed by atoms with E-state index in [-0.39, 0.29) is 5.91 Å². The van der Waals surface area contributed by atoms with Crippen LogP contribution in [0, 0.1) is 0 Å². The molecule has 0 unspecified atom stereocenters. The van der Waals surface area contributed by atoms with E-state index in [1.807, 2.05) is 5.38 Å². The van der Waals surface area contributed by atoms with Gasteiger partial charge in [0, 0.05) is 13.1 Å². The van der Waals surface area contributed by atoms with Crippen molar-refractivity contribution in [3.8, 4) is 0 Å². The lowest BCUT2D eigenvalue weighted by molar-refractivity contribution is 0.0949. The van der Waals surface area contributed by atoms with E-state index in [9.17, 15) is 4.79 Å². The minimum absolute atomic E-state index is 0.185. The van der Waals surface area contributed by atoms with Crippen LogP contribution in [0.4, 0.5) is 5.82 Å². The molecule has 0 radical (unpaired) electrons. The molecule has 0 fully saturated rings. The van der Waals surface area contributed by atoms with Crippen molar-refractivity contribution in [1.82, 2.24) is 15.3 Å². The second kappa shape index (κ2) is 7.59. The molecule has 5 nitrogen and oxygen atoms in total. The summed E-state index contributed by atoms with van der Waals surface area (Å²) < 4.78 is 0. The minimum Gasteiger partial charge on any atom is -0.369 e. The van der Waals surface area contributed by atoms with E-state index in [4.69, 9.17) is 0 Å². The van der Waals surface area contributed by atoms with E-state index in [1.54, 1.807) is 17.5 Å². The zero-order valence-electron chi connectivity index (χ0n) is 11.4. The van der Waals surface area contributed by atoms with Crippen molar-refractivity contribution in [1.29, 1.82) is 0 Å². The van der Waals surface area contributed by atoms with Crippen LogP contribution in [-0.4, -0.2) is 29.0 Å².